The van der Waals surface area contributed by atoms with Crippen LogP contribution in [0.15, 0.2) is 5.03 Å². The van der Waals surface area contributed by atoms with E-state index in [1.807, 2.05) is 27.7 Å². The smallest absolute Gasteiger partial charge is 0.262 e. The highest BCUT2D eigenvalue weighted by atomic mass is 32.2. The van der Waals surface area contributed by atoms with E-state index in [-0.39, 0.29) is 11.1 Å². The summed E-state index contributed by atoms with van der Waals surface area (Å²) in [6.07, 6.45) is 2.74. The van der Waals surface area contributed by atoms with Gasteiger partial charge in [0.25, 0.3) is 10.0 Å². The van der Waals surface area contributed by atoms with E-state index in [9.17, 15) is 8.42 Å². The van der Waals surface area contributed by atoms with Gasteiger partial charge in [0.2, 0.25) is 0 Å². The summed E-state index contributed by atoms with van der Waals surface area (Å²) in [6.45, 7) is 9.02. The van der Waals surface area contributed by atoms with Gasteiger partial charge in [0.1, 0.15) is 0 Å². The minimum Gasteiger partial charge on any atom is -0.310 e. The van der Waals surface area contributed by atoms with Crippen LogP contribution in [0.3, 0.4) is 0 Å². The minimum absolute atomic E-state index is 0.165. The van der Waals surface area contributed by atoms with Crippen molar-refractivity contribution in [2.75, 3.05) is 6.54 Å². The van der Waals surface area contributed by atoms with Gasteiger partial charge >= 0.3 is 0 Å². The highest BCUT2D eigenvalue weighted by Gasteiger charge is 2.39. The van der Waals surface area contributed by atoms with E-state index in [1.165, 1.54) is 0 Å². The molecule has 1 heterocycles. The predicted octanol–water partition coefficient (Wildman–Crippen LogP) is 1.78. The van der Waals surface area contributed by atoms with Gasteiger partial charge in [-0.05, 0) is 26.2 Å². The van der Waals surface area contributed by atoms with Crippen molar-refractivity contribution < 1.29 is 8.42 Å². The fraction of sp³-hybridized carbons (Fsp3) is 0.786. The monoisotopic (exact) mass is 314 g/mol. The van der Waals surface area contributed by atoms with Gasteiger partial charge in [-0.2, -0.15) is 9.40 Å². The lowest BCUT2D eigenvalue weighted by Crippen LogP contribution is -2.35. The zero-order valence-corrected chi connectivity index (χ0v) is 14.1. The van der Waals surface area contributed by atoms with Crippen molar-refractivity contribution in [3.8, 4) is 0 Å². The number of H-pyrrole nitrogens is 1. The zero-order valence-electron chi connectivity index (χ0n) is 13.3. The largest absolute Gasteiger partial charge is 0.310 e. The molecule has 0 spiro atoms. The SMILES string of the molecule is CCCN(C1CC1)S(=O)(=O)c1n[nH]c(C)c1CNC(C)C. The lowest BCUT2D eigenvalue weighted by atomic mass is 10.2. The third-order valence-corrected chi connectivity index (χ3v) is 5.60. The molecule has 0 atom stereocenters. The summed E-state index contributed by atoms with van der Waals surface area (Å²) in [5.41, 5.74) is 1.57. The van der Waals surface area contributed by atoms with Crippen LogP contribution in [0.25, 0.3) is 0 Å². The van der Waals surface area contributed by atoms with Crippen LogP contribution < -0.4 is 5.32 Å². The second-order valence-electron chi connectivity index (χ2n) is 6.01. The van der Waals surface area contributed by atoms with Crippen molar-refractivity contribution in [1.82, 2.24) is 19.8 Å². The number of nitrogens with one attached hydrogen (secondary N) is 2. The van der Waals surface area contributed by atoms with Gasteiger partial charge in [-0.3, -0.25) is 5.10 Å². The summed E-state index contributed by atoms with van der Waals surface area (Å²) >= 11 is 0. The Morgan fingerprint density at radius 1 is 1.43 bits per heavy atom. The Kier molecular flexibility index (Phi) is 5.06. The quantitative estimate of drug-likeness (QED) is 0.766. The summed E-state index contributed by atoms with van der Waals surface area (Å²) in [5, 5.41) is 10.4. The molecule has 2 rings (SSSR count). The van der Waals surface area contributed by atoms with Crippen molar-refractivity contribution in [2.45, 2.75) is 70.6 Å². The summed E-state index contributed by atoms with van der Waals surface area (Å²) in [4.78, 5) is 0. The Labute approximate surface area is 127 Å². The van der Waals surface area contributed by atoms with Crippen LogP contribution in [0.4, 0.5) is 0 Å². The Balaban J connectivity index is 2.30. The molecule has 1 aliphatic rings. The van der Waals surface area contributed by atoms with Crippen molar-refractivity contribution in [3.05, 3.63) is 11.3 Å². The molecule has 6 nitrogen and oxygen atoms in total. The van der Waals surface area contributed by atoms with Gasteiger partial charge in [-0.25, -0.2) is 8.42 Å². The van der Waals surface area contributed by atoms with E-state index in [0.29, 0.717) is 19.1 Å². The molecule has 1 aromatic heterocycles. The maximum Gasteiger partial charge on any atom is 0.262 e. The van der Waals surface area contributed by atoms with E-state index in [2.05, 4.69) is 15.5 Å². The molecule has 2 N–H and O–H groups in total. The molecular weight excluding hydrogens is 288 g/mol. The first-order valence-corrected chi connectivity index (χ1v) is 9.11. The minimum atomic E-state index is -3.51. The highest BCUT2D eigenvalue weighted by Crippen LogP contribution is 2.33. The number of aromatic amines is 1. The Morgan fingerprint density at radius 2 is 2.10 bits per heavy atom. The van der Waals surface area contributed by atoms with Crippen molar-refractivity contribution in [1.29, 1.82) is 0 Å². The van der Waals surface area contributed by atoms with Crippen molar-refractivity contribution in [2.24, 2.45) is 0 Å². The van der Waals surface area contributed by atoms with E-state index < -0.39 is 10.0 Å². The third kappa shape index (κ3) is 3.64. The highest BCUT2D eigenvalue weighted by molar-refractivity contribution is 7.89. The average Bonchev–Trinajstić information content (AvgIpc) is 3.16. The number of aromatic nitrogens is 2. The number of hydrogen-bond acceptors (Lipinski definition) is 4. The molecule has 0 radical (unpaired) electrons. The molecule has 1 saturated carbocycles. The maximum atomic E-state index is 12.9. The van der Waals surface area contributed by atoms with Gasteiger partial charge in [-0.15, -0.1) is 0 Å². The topological polar surface area (TPSA) is 78.1 Å². The molecular formula is C14H26N4O2S. The molecule has 21 heavy (non-hydrogen) atoms. The molecule has 1 aromatic rings. The van der Waals surface area contributed by atoms with Crippen LogP contribution in [0.1, 0.15) is 51.3 Å². The average molecular weight is 314 g/mol. The number of nitrogens with zero attached hydrogens (tertiary/aromatic N) is 2. The van der Waals surface area contributed by atoms with Crippen LogP contribution in [-0.4, -0.2) is 41.5 Å². The molecule has 7 heteroatoms. The Hall–Kier alpha value is -0.920. The van der Waals surface area contributed by atoms with Crippen LogP contribution in [0.5, 0.6) is 0 Å². The van der Waals surface area contributed by atoms with Crippen molar-refractivity contribution in [3.63, 3.8) is 0 Å². The van der Waals surface area contributed by atoms with Crippen LogP contribution >= 0.6 is 0 Å². The van der Waals surface area contributed by atoms with Crippen molar-refractivity contribution >= 4 is 10.0 Å². The first-order valence-electron chi connectivity index (χ1n) is 7.67. The first kappa shape index (κ1) is 16.5. The molecule has 0 saturated heterocycles. The zero-order chi connectivity index (χ0) is 15.6. The van der Waals surface area contributed by atoms with Gasteiger partial charge in [0, 0.05) is 36.4 Å². The van der Waals surface area contributed by atoms with Crippen LogP contribution in [0.2, 0.25) is 0 Å². The summed E-state index contributed by atoms with van der Waals surface area (Å²) in [6, 6.07) is 0.461. The number of hydrogen-bond donors (Lipinski definition) is 2. The van der Waals surface area contributed by atoms with Crippen LogP contribution in [-0.2, 0) is 16.6 Å². The second-order valence-corrected chi connectivity index (χ2v) is 7.82. The number of sulfonamides is 1. The molecule has 120 valence electrons. The van der Waals surface area contributed by atoms with E-state index in [4.69, 9.17) is 0 Å². The summed E-state index contributed by atoms with van der Waals surface area (Å²) < 4.78 is 27.4. The van der Waals surface area contributed by atoms with Crippen LogP contribution in [0, 0.1) is 6.92 Å². The normalized spacial score (nSPS) is 16.1. The fourth-order valence-electron chi connectivity index (χ4n) is 2.35. The van der Waals surface area contributed by atoms with Gasteiger partial charge in [0.05, 0.1) is 0 Å². The lowest BCUT2D eigenvalue weighted by Gasteiger charge is -2.20. The van der Waals surface area contributed by atoms with E-state index in [1.54, 1.807) is 4.31 Å². The predicted molar refractivity (Wildman–Crippen MR) is 82.5 cm³/mol. The molecule has 0 aliphatic heterocycles. The van der Waals surface area contributed by atoms with E-state index >= 15 is 0 Å². The second kappa shape index (κ2) is 6.46. The van der Waals surface area contributed by atoms with E-state index in [0.717, 1.165) is 30.5 Å². The molecule has 0 unspecified atom stereocenters. The standard InChI is InChI=1S/C14H26N4O2S/c1-5-8-18(12-6-7-12)21(19,20)14-13(9-15-10(2)3)11(4)16-17-14/h10,12,15H,5-9H2,1-4H3,(H,16,17). The molecule has 0 amide bonds. The summed E-state index contributed by atoms with van der Waals surface area (Å²) in [7, 11) is -3.51. The van der Waals surface area contributed by atoms with Gasteiger partial charge in [-0.1, -0.05) is 20.8 Å². The Bertz CT molecular complexity index is 576. The maximum absolute atomic E-state index is 12.9. The lowest BCUT2D eigenvalue weighted by molar-refractivity contribution is 0.400. The number of aryl methyl sites for hydroxylation is 1. The van der Waals surface area contributed by atoms with Gasteiger partial charge < -0.3 is 5.32 Å². The third-order valence-electron chi connectivity index (χ3n) is 3.67. The number of rotatable bonds is 8. The molecule has 0 aromatic carbocycles. The Morgan fingerprint density at radius 3 is 2.62 bits per heavy atom. The van der Waals surface area contributed by atoms with Gasteiger partial charge in [0.15, 0.2) is 5.03 Å². The molecule has 1 aliphatic carbocycles. The molecule has 0 bridgehead atoms. The summed E-state index contributed by atoms with van der Waals surface area (Å²) in [5.74, 6) is 0. The molecule has 1 fully saturated rings. The fourth-order valence-corrected chi connectivity index (χ4v) is 4.30. The first-order chi connectivity index (χ1) is 9.87.